The standard InChI is InChI=1S/C16H20N2O4/c1-18-13(7-11-9-22-16(21)14(11)18)15(20)17-12(8-19)10-5-3-2-4-6-10/h2-6,11-14,19H,7-9H2,1H3,(H,17,20)/t11-,12+,13+,14-/m1/s1. The number of esters is 1. The summed E-state index contributed by atoms with van der Waals surface area (Å²) < 4.78 is 5.04. The smallest absolute Gasteiger partial charge is 0.323 e. The van der Waals surface area contributed by atoms with Crippen LogP contribution >= 0.6 is 0 Å². The molecule has 0 bridgehead atoms. The maximum Gasteiger partial charge on any atom is 0.323 e. The first kappa shape index (κ1) is 15.0. The van der Waals surface area contributed by atoms with Crippen LogP contribution in [0.15, 0.2) is 30.3 Å². The molecule has 0 aromatic heterocycles. The Kier molecular flexibility index (Phi) is 4.13. The highest BCUT2D eigenvalue weighted by atomic mass is 16.5. The Balaban J connectivity index is 1.68. The number of nitrogens with zero attached hydrogens (tertiary/aromatic N) is 1. The molecule has 1 amide bonds. The van der Waals surface area contributed by atoms with E-state index in [1.807, 2.05) is 30.3 Å². The van der Waals surface area contributed by atoms with Crippen LogP contribution in [0.5, 0.6) is 0 Å². The Morgan fingerprint density at radius 1 is 1.45 bits per heavy atom. The molecule has 2 aliphatic rings. The van der Waals surface area contributed by atoms with E-state index in [0.717, 1.165) is 5.56 Å². The number of aliphatic hydroxyl groups is 1. The van der Waals surface area contributed by atoms with E-state index in [9.17, 15) is 14.7 Å². The van der Waals surface area contributed by atoms with Gasteiger partial charge in [-0.1, -0.05) is 30.3 Å². The lowest BCUT2D eigenvalue weighted by molar-refractivity contribution is -0.143. The lowest BCUT2D eigenvalue weighted by Crippen LogP contribution is -2.47. The molecule has 1 aromatic rings. The van der Waals surface area contributed by atoms with Crippen molar-refractivity contribution >= 4 is 11.9 Å². The third-order valence-corrected chi connectivity index (χ3v) is 4.59. The molecule has 1 aromatic carbocycles. The van der Waals surface area contributed by atoms with Gasteiger partial charge in [0.2, 0.25) is 5.91 Å². The highest BCUT2D eigenvalue weighted by Crippen LogP contribution is 2.34. The Labute approximate surface area is 129 Å². The molecule has 2 aliphatic heterocycles. The maximum atomic E-state index is 12.5. The van der Waals surface area contributed by atoms with Crippen LogP contribution in [0.1, 0.15) is 18.0 Å². The fourth-order valence-electron chi connectivity index (χ4n) is 3.38. The van der Waals surface area contributed by atoms with Crippen molar-refractivity contribution < 1.29 is 19.4 Å². The quantitative estimate of drug-likeness (QED) is 0.770. The fraction of sp³-hybridized carbons (Fsp3) is 0.500. The molecule has 0 aliphatic carbocycles. The Hall–Kier alpha value is -1.92. The highest BCUT2D eigenvalue weighted by molar-refractivity contribution is 5.86. The van der Waals surface area contributed by atoms with Gasteiger partial charge in [-0.25, -0.2) is 0 Å². The second kappa shape index (κ2) is 6.06. The number of aliphatic hydroxyl groups excluding tert-OH is 1. The van der Waals surface area contributed by atoms with Crippen LogP contribution in [0.4, 0.5) is 0 Å². The molecule has 0 saturated carbocycles. The van der Waals surface area contributed by atoms with Gasteiger partial charge in [0.15, 0.2) is 0 Å². The van der Waals surface area contributed by atoms with Crippen LogP contribution < -0.4 is 5.32 Å². The number of cyclic esters (lactones) is 1. The minimum absolute atomic E-state index is 0.0811. The minimum Gasteiger partial charge on any atom is -0.464 e. The second-order valence-electron chi connectivity index (χ2n) is 5.91. The summed E-state index contributed by atoms with van der Waals surface area (Å²) in [4.78, 5) is 26.0. The van der Waals surface area contributed by atoms with Crippen LogP contribution in [0, 0.1) is 5.92 Å². The van der Waals surface area contributed by atoms with Crippen LogP contribution in [0.25, 0.3) is 0 Å². The number of likely N-dealkylation sites (N-methyl/N-ethyl adjacent to an activating group) is 1. The predicted molar refractivity (Wildman–Crippen MR) is 78.8 cm³/mol. The van der Waals surface area contributed by atoms with Crippen molar-refractivity contribution in [3.05, 3.63) is 35.9 Å². The van der Waals surface area contributed by atoms with Crippen molar-refractivity contribution in [2.24, 2.45) is 5.92 Å². The monoisotopic (exact) mass is 304 g/mol. The molecule has 4 atom stereocenters. The van der Waals surface area contributed by atoms with Gasteiger partial charge < -0.3 is 15.2 Å². The Morgan fingerprint density at radius 3 is 2.82 bits per heavy atom. The van der Waals surface area contributed by atoms with Crippen molar-refractivity contribution in [1.29, 1.82) is 0 Å². The number of rotatable bonds is 4. The number of amides is 1. The zero-order valence-electron chi connectivity index (χ0n) is 12.4. The molecule has 6 nitrogen and oxygen atoms in total. The van der Waals surface area contributed by atoms with Crippen LogP contribution in [-0.4, -0.2) is 54.2 Å². The third kappa shape index (κ3) is 2.60. The highest BCUT2D eigenvalue weighted by Gasteiger charge is 2.50. The number of carbonyl (C=O) groups is 2. The number of ether oxygens (including phenoxy) is 1. The van der Waals surface area contributed by atoms with E-state index in [2.05, 4.69) is 5.32 Å². The van der Waals surface area contributed by atoms with E-state index < -0.39 is 6.04 Å². The lowest BCUT2D eigenvalue weighted by Gasteiger charge is -2.25. The average Bonchev–Trinajstić information content (AvgIpc) is 3.06. The molecule has 0 radical (unpaired) electrons. The molecule has 22 heavy (non-hydrogen) atoms. The summed E-state index contributed by atoms with van der Waals surface area (Å²) >= 11 is 0. The maximum absolute atomic E-state index is 12.5. The van der Waals surface area contributed by atoms with Gasteiger partial charge in [-0.3, -0.25) is 14.5 Å². The van der Waals surface area contributed by atoms with Crippen molar-refractivity contribution in [3.63, 3.8) is 0 Å². The molecule has 3 rings (SSSR count). The largest absolute Gasteiger partial charge is 0.464 e. The van der Waals surface area contributed by atoms with Crippen molar-refractivity contribution in [2.45, 2.75) is 24.5 Å². The van der Waals surface area contributed by atoms with Crippen LogP contribution in [0.2, 0.25) is 0 Å². The van der Waals surface area contributed by atoms with Crippen LogP contribution in [0.3, 0.4) is 0 Å². The predicted octanol–water partition coefficient (Wildman–Crippen LogP) is 0.0819. The van der Waals surface area contributed by atoms with E-state index in [4.69, 9.17) is 4.74 Å². The van der Waals surface area contributed by atoms with Gasteiger partial charge in [-0.15, -0.1) is 0 Å². The fourth-order valence-corrected chi connectivity index (χ4v) is 3.38. The van der Waals surface area contributed by atoms with Crippen molar-refractivity contribution in [2.75, 3.05) is 20.3 Å². The molecule has 2 heterocycles. The van der Waals surface area contributed by atoms with E-state index in [0.29, 0.717) is 13.0 Å². The molecular weight excluding hydrogens is 284 g/mol. The van der Waals surface area contributed by atoms with Gasteiger partial charge >= 0.3 is 5.97 Å². The summed E-state index contributed by atoms with van der Waals surface area (Å²) in [5.74, 6) is -0.324. The molecular formula is C16H20N2O4. The third-order valence-electron chi connectivity index (χ3n) is 4.59. The second-order valence-corrected chi connectivity index (χ2v) is 5.91. The Bertz CT molecular complexity index is 563. The van der Waals surface area contributed by atoms with Gasteiger partial charge in [0.05, 0.1) is 25.3 Å². The van der Waals surface area contributed by atoms with E-state index >= 15 is 0 Å². The molecule has 6 heteroatoms. The first-order valence-electron chi connectivity index (χ1n) is 7.46. The zero-order chi connectivity index (χ0) is 15.7. The number of carbonyl (C=O) groups excluding carboxylic acids is 2. The first-order valence-corrected chi connectivity index (χ1v) is 7.46. The van der Waals surface area contributed by atoms with Crippen molar-refractivity contribution in [1.82, 2.24) is 10.2 Å². The normalized spacial score (nSPS) is 29.0. The van der Waals surface area contributed by atoms with Gasteiger partial charge in [0.25, 0.3) is 0 Å². The van der Waals surface area contributed by atoms with Crippen molar-refractivity contribution in [3.8, 4) is 0 Å². The molecule has 118 valence electrons. The number of nitrogens with one attached hydrogen (secondary N) is 1. The zero-order valence-corrected chi connectivity index (χ0v) is 12.4. The van der Waals surface area contributed by atoms with E-state index in [1.54, 1.807) is 11.9 Å². The summed E-state index contributed by atoms with van der Waals surface area (Å²) in [5, 5.41) is 12.4. The molecule has 0 unspecified atom stereocenters. The van der Waals surface area contributed by atoms with Gasteiger partial charge in [0.1, 0.15) is 6.04 Å². The van der Waals surface area contributed by atoms with E-state index in [-0.39, 0.29) is 36.5 Å². The summed E-state index contributed by atoms with van der Waals surface area (Å²) in [6.07, 6.45) is 0.603. The molecule has 2 fully saturated rings. The Morgan fingerprint density at radius 2 is 2.18 bits per heavy atom. The number of hydrogen-bond acceptors (Lipinski definition) is 5. The van der Waals surface area contributed by atoms with Crippen LogP contribution in [-0.2, 0) is 14.3 Å². The van der Waals surface area contributed by atoms with E-state index in [1.165, 1.54) is 0 Å². The van der Waals surface area contributed by atoms with Gasteiger partial charge in [-0.05, 0) is 19.0 Å². The topological polar surface area (TPSA) is 78.9 Å². The lowest BCUT2D eigenvalue weighted by atomic mass is 10.0. The summed E-state index contributed by atoms with van der Waals surface area (Å²) in [6, 6.07) is 8.24. The number of benzene rings is 1. The molecule has 2 N–H and O–H groups in total. The molecule has 2 saturated heterocycles. The SMILES string of the molecule is CN1[C@H](C(=O)N[C@@H](CO)c2ccccc2)C[C@@H]2COC(=O)[C@@H]21. The average molecular weight is 304 g/mol. The number of likely N-dealkylation sites (tertiary alicyclic amines) is 1. The van der Waals surface area contributed by atoms with Gasteiger partial charge in [-0.2, -0.15) is 0 Å². The summed E-state index contributed by atoms with van der Waals surface area (Å²) in [5.41, 5.74) is 0.860. The minimum atomic E-state index is -0.436. The number of hydrogen-bond donors (Lipinski definition) is 2. The number of fused-ring (bicyclic) bond motifs is 1. The molecule has 0 spiro atoms. The first-order chi connectivity index (χ1) is 10.6. The summed E-state index contributed by atoms with van der Waals surface area (Å²) in [7, 11) is 1.78. The van der Waals surface area contributed by atoms with Gasteiger partial charge in [0, 0.05) is 5.92 Å². The summed E-state index contributed by atoms with van der Waals surface area (Å²) in [6.45, 7) is 0.223.